The van der Waals surface area contributed by atoms with E-state index in [1.54, 1.807) is 12.3 Å². The number of rotatable bonds is 13. The Bertz CT molecular complexity index is 1320. The highest BCUT2D eigenvalue weighted by Gasteiger charge is 2.48. The second kappa shape index (κ2) is 14.3. The van der Waals surface area contributed by atoms with E-state index in [4.69, 9.17) is 23.7 Å². The van der Waals surface area contributed by atoms with Crippen molar-refractivity contribution in [2.24, 2.45) is 0 Å². The van der Waals surface area contributed by atoms with Crippen molar-refractivity contribution in [3.8, 4) is 0 Å². The van der Waals surface area contributed by atoms with Crippen molar-refractivity contribution in [2.75, 3.05) is 13.2 Å². The predicted molar refractivity (Wildman–Crippen MR) is 152 cm³/mol. The Balaban J connectivity index is 1.38. The molecular weight excluding hydrogens is 526 g/mol. The van der Waals surface area contributed by atoms with Gasteiger partial charge in [0.1, 0.15) is 29.4 Å². The maximum Gasteiger partial charge on any atom is 0.357 e. The molecule has 8 heteroatoms. The standard InChI is InChI=1S/C32H33NO6S/c1-2-36-32(34)26-22-40-31(33-26)30-29(38-20-25-16-10-5-11-17-25)28(37-19-24-14-8-4-9-15-24)27(39-30)21-35-18-23-12-6-3-7-13-23/h3-17,22,27-30H,2,18-21H2,1H3/t27-,28-,29+,30+/m1/s1. The minimum absolute atomic E-state index is 0.262. The fraction of sp³-hybridized carbons (Fsp3) is 0.312. The quantitative estimate of drug-likeness (QED) is 0.182. The van der Waals surface area contributed by atoms with Crippen molar-refractivity contribution >= 4 is 17.3 Å². The van der Waals surface area contributed by atoms with Crippen LogP contribution < -0.4 is 0 Å². The van der Waals surface area contributed by atoms with E-state index in [9.17, 15) is 4.79 Å². The second-order valence-corrected chi connectivity index (χ2v) is 10.3. The van der Waals surface area contributed by atoms with Gasteiger partial charge in [0.15, 0.2) is 5.69 Å². The summed E-state index contributed by atoms with van der Waals surface area (Å²) in [6, 6.07) is 30.0. The summed E-state index contributed by atoms with van der Waals surface area (Å²) in [4.78, 5) is 16.9. The molecule has 0 spiro atoms. The lowest BCUT2D eigenvalue weighted by molar-refractivity contribution is -0.0898. The summed E-state index contributed by atoms with van der Waals surface area (Å²) < 4.78 is 30.8. The normalized spacial score (nSPS) is 20.4. The minimum Gasteiger partial charge on any atom is -0.461 e. The molecule has 4 atom stereocenters. The number of carbonyl (C=O) groups is 1. The lowest BCUT2D eigenvalue weighted by atomic mass is 10.1. The fourth-order valence-electron chi connectivity index (χ4n) is 4.56. The smallest absolute Gasteiger partial charge is 0.357 e. The first-order valence-corrected chi connectivity index (χ1v) is 14.3. The van der Waals surface area contributed by atoms with Crippen LogP contribution in [0.15, 0.2) is 96.4 Å². The zero-order valence-electron chi connectivity index (χ0n) is 22.4. The largest absolute Gasteiger partial charge is 0.461 e. The summed E-state index contributed by atoms with van der Waals surface area (Å²) in [6.07, 6.45) is -1.86. The summed E-state index contributed by atoms with van der Waals surface area (Å²) in [5, 5.41) is 2.34. The first-order valence-electron chi connectivity index (χ1n) is 13.4. The molecule has 3 aromatic carbocycles. The molecule has 1 fully saturated rings. The van der Waals surface area contributed by atoms with Crippen molar-refractivity contribution < 1.29 is 28.5 Å². The third-order valence-electron chi connectivity index (χ3n) is 6.52. The molecule has 0 saturated carbocycles. The average molecular weight is 560 g/mol. The van der Waals surface area contributed by atoms with Crippen LogP contribution in [0.5, 0.6) is 0 Å². The highest BCUT2D eigenvalue weighted by molar-refractivity contribution is 7.09. The molecule has 0 amide bonds. The Kier molecular flexibility index (Phi) is 10.1. The van der Waals surface area contributed by atoms with Crippen LogP contribution in [0, 0.1) is 0 Å². The van der Waals surface area contributed by atoms with E-state index >= 15 is 0 Å². The molecule has 208 valence electrons. The van der Waals surface area contributed by atoms with Crippen LogP contribution in [0.2, 0.25) is 0 Å². The molecule has 0 radical (unpaired) electrons. The number of hydrogen-bond donors (Lipinski definition) is 0. The maximum absolute atomic E-state index is 12.3. The van der Waals surface area contributed by atoms with Gasteiger partial charge in [-0.1, -0.05) is 91.0 Å². The average Bonchev–Trinajstić information content (AvgIpc) is 3.62. The summed E-state index contributed by atoms with van der Waals surface area (Å²) in [5.74, 6) is -0.454. The zero-order chi connectivity index (χ0) is 27.6. The maximum atomic E-state index is 12.3. The third-order valence-corrected chi connectivity index (χ3v) is 7.43. The van der Waals surface area contributed by atoms with Crippen molar-refractivity contribution in [1.29, 1.82) is 0 Å². The molecule has 0 aliphatic carbocycles. The molecule has 0 bridgehead atoms. The Morgan fingerprint density at radius 2 is 1.35 bits per heavy atom. The van der Waals surface area contributed by atoms with E-state index < -0.39 is 30.4 Å². The van der Waals surface area contributed by atoms with Gasteiger partial charge in [-0.2, -0.15) is 0 Å². The first kappa shape index (κ1) is 28.1. The molecular formula is C32H33NO6S. The number of aromatic nitrogens is 1. The number of carbonyl (C=O) groups excluding carboxylic acids is 1. The van der Waals surface area contributed by atoms with E-state index in [1.165, 1.54) is 11.3 Å². The lowest BCUT2D eigenvalue weighted by Crippen LogP contribution is -2.37. The molecule has 4 aromatic rings. The highest BCUT2D eigenvalue weighted by atomic mass is 32.1. The summed E-state index contributed by atoms with van der Waals surface area (Å²) in [5.41, 5.74) is 3.43. The molecule has 1 aliphatic rings. The number of benzene rings is 3. The van der Waals surface area contributed by atoms with Crippen LogP contribution in [0.25, 0.3) is 0 Å². The van der Waals surface area contributed by atoms with E-state index in [2.05, 4.69) is 4.98 Å². The minimum atomic E-state index is -0.539. The molecule has 2 heterocycles. The van der Waals surface area contributed by atoms with Crippen molar-refractivity contribution in [1.82, 2.24) is 4.98 Å². The molecule has 1 aromatic heterocycles. The first-order chi connectivity index (χ1) is 19.7. The monoisotopic (exact) mass is 559 g/mol. The molecule has 0 N–H and O–H groups in total. The van der Waals surface area contributed by atoms with E-state index in [0.29, 0.717) is 31.4 Å². The van der Waals surface area contributed by atoms with Gasteiger partial charge in [-0.25, -0.2) is 9.78 Å². The van der Waals surface area contributed by atoms with Gasteiger partial charge >= 0.3 is 5.97 Å². The summed E-state index contributed by atoms with van der Waals surface area (Å²) in [7, 11) is 0. The molecule has 0 unspecified atom stereocenters. The number of nitrogens with zero attached hydrogens (tertiary/aromatic N) is 1. The molecule has 1 saturated heterocycles. The topological polar surface area (TPSA) is 76.1 Å². The van der Waals surface area contributed by atoms with Crippen molar-refractivity contribution in [3.63, 3.8) is 0 Å². The number of esters is 1. The van der Waals surface area contributed by atoms with Crippen LogP contribution in [-0.2, 0) is 43.5 Å². The van der Waals surface area contributed by atoms with E-state index in [-0.39, 0.29) is 12.3 Å². The van der Waals surface area contributed by atoms with Crippen LogP contribution in [0.1, 0.15) is 45.2 Å². The summed E-state index contributed by atoms with van der Waals surface area (Å²) in [6.45, 7) is 3.60. The van der Waals surface area contributed by atoms with Gasteiger partial charge in [-0.3, -0.25) is 0 Å². The van der Waals surface area contributed by atoms with Gasteiger partial charge in [0.2, 0.25) is 0 Å². The predicted octanol–water partition coefficient (Wildman–Crippen LogP) is 6.15. The van der Waals surface area contributed by atoms with Crippen LogP contribution in [0.3, 0.4) is 0 Å². The SMILES string of the molecule is CCOC(=O)c1csc([C@H]2O[C@H](COCc3ccccc3)[C@@H](OCc3ccccc3)[C@@H]2OCc2ccccc2)n1. The van der Waals surface area contributed by atoms with Gasteiger partial charge in [-0.05, 0) is 23.6 Å². The van der Waals surface area contributed by atoms with E-state index in [0.717, 1.165) is 16.7 Å². The Hall–Kier alpha value is -3.40. The van der Waals surface area contributed by atoms with E-state index in [1.807, 2.05) is 91.0 Å². The number of hydrogen-bond acceptors (Lipinski definition) is 8. The van der Waals surface area contributed by atoms with Gasteiger partial charge in [-0.15, -0.1) is 11.3 Å². The van der Waals surface area contributed by atoms with Crippen LogP contribution >= 0.6 is 11.3 Å². The van der Waals surface area contributed by atoms with Crippen LogP contribution in [-0.4, -0.2) is 42.5 Å². The van der Waals surface area contributed by atoms with Gasteiger partial charge in [0, 0.05) is 5.38 Å². The summed E-state index contributed by atoms with van der Waals surface area (Å²) >= 11 is 1.35. The highest BCUT2D eigenvalue weighted by Crippen LogP contribution is 2.39. The van der Waals surface area contributed by atoms with Gasteiger partial charge in [0.25, 0.3) is 0 Å². The molecule has 1 aliphatic heterocycles. The Morgan fingerprint density at radius 1 is 0.800 bits per heavy atom. The molecule has 5 rings (SSSR count). The number of ether oxygens (including phenoxy) is 5. The second-order valence-electron chi connectivity index (χ2n) is 9.41. The zero-order valence-corrected chi connectivity index (χ0v) is 23.2. The van der Waals surface area contributed by atoms with Gasteiger partial charge < -0.3 is 23.7 Å². The van der Waals surface area contributed by atoms with Crippen molar-refractivity contribution in [3.05, 3.63) is 124 Å². The van der Waals surface area contributed by atoms with Gasteiger partial charge in [0.05, 0.1) is 33.0 Å². The molecule has 40 heavy (non-hydrogen) atoms. The van der Waals surface area contributed by atoms with Crippen LogP contribution in [0.4, 0.5) is 0 Å². The molecule has 7 nitrogen and oxygen atoms in total. The third kappa shape index (κ3) is 7.41. The lowest BCUT2D eigenvalue weighted by Gasteiger charge is -2.25. The Labute approximate surface area is 238 Å². The fourth-order valence-corrected chi connectivity index (χ4v) is 5.42. The van der Waals surface area contributed by atoms with Crippen molar-refractivity contribution in [2.45, 2.75) is 51.2 Å². The number of thiazole rings is 1. The Morgan fingerprint density at radius 3 is 1.93 bits per heavy atom.